The van der Waals surface area contributed by atoms with E-state index in [0.717, 1.165) is 4.47 Å². The predicted molar refractivity (Wildman–Crippen MR) is 83.0 cm³/mol. The Morgan fingerprint density at radius 2 is 1.67 bits per heavy atom. The Morgan fingerprint density at radius 1 is 1.10 bits per heavy atom. The number of hydrogen-bond acceptors (Lipinski definition) is 4. The lowest BCUT2D eigenvalue weighted by atomic mass is 10.2. The molecule has 4 nitrogen and oxygen atoms in total. The fourth-order valence-electron chi connectivity index (χ4n) is 1.63. The van der Waals surface area contributed by atoms with Crippen LogP contribution in [0.4, 0.5) is 0 Å². The summed E-state index contributed by atoms with van der Waals surface area (Å²) in [5, 5.41) is 18.3. The van der Waals surface area contributed by atoms with E-state index in [0.29, 0.717) is 5.56 Å². The van der Waals surface area contributed by atoms with Crippen molar-refractivity contribution in [2.75, 3.05) is 0 Å². The Labute approximate surface area is 131 Å². The van der Waals surface area contributed by atoms with Crippen molar-refractivity contribution in [3.63, 3.8) is 0 Å². The predicted octanol–water partition coefficient (Wildman–Crippen LogP) is 3.49. The standard InChI is InChI=1S/C15H10BrNO3S/c16-12-3-7-14(8-4-12)21(19,20)15(10-17)9-11-1-5-13(18)6-2-11/h1-9,18H. The van der Waals surface area contributed by atoms with Gasteiger partial charge in [0.25, 0.3) is 0 Å². The minimum absolute atomic E-state index is 0.0530. The van der Waals surface area contributed by atoms with Crippen LogP contribution in [0, 0.1) is 11.3 Å². The normalized spacial score (nSPS) is 11.9. The third-order valence-corrected chi connectivity index (χ3v) is 4.92. The van der Waals surface area contributed by atoms with Gasteiger partial charge in [-0.05, 0) is 48.0 Å². The molecule has 0 heterocycles. The fraction of sp³-hybridized carbons (Fsp3) is 0. The molecule has 2 rings (SSSR count). The molecule has 21 heavy (non-hydrogen) atoms. The van der Waals surface area contributed by atoms with Crippen LogP contribution in [0.3, 0.4) is 0 Å². The summed E-state index contributed by atoms with van der Waals surface area (Å²) in [5.41, 5.74) is 0.519. The van der Waals surface area contributed by atoms with Crippen LogP contribution >= 0.6 is 15.9 Å². The number of rotatable bonds is 3. The quantitative estimate of drug-likeness (QED) is 0.846. The molecule has 0 unspecified atom stereocenters. The summed E-state index contributed by atoms with van der Waals surface area (Å²) < 4.78 is 25.5. The highest BCUT2D eigenvalue weighted by molar-refractivity contribution is 9.10. The highest BCUT2D eigenvalue weighted by Crippen LogP contribution is 2.23. The first kappa shape index (κ1) is 15.3. The Morgan fingerprint density at radius 3 is 2.19 bits per heavy atom. The molecule has 2 aromatic rings. The van der Waals surface area contributed by atoms with Gasteiger partial charge in [0, 0.05) is 4.47 Å². The molecule has 0 aliphatic heterocycles. The summed E-state index contributed by atoms with van der Waals surface area (Å²) in [6, 6.07) is 13.7. The molecular formula is C15H10BrNO3S. The van der Waals surface area contributed by atoms with E-state index < -0.39 is 9.84 Å². The summed E-state index contributed by atoms with van der Waals surface area (Å²) in [6.07, 6.45) is 1.27. The molecule has 0 spiro atoms. The third-order valence-electron chi connectivity index (χ3n) is 2.71. The molecular weight excluding hydrogens is 354 g/mol. The van der Waals surface area contributed by atoms with E-state index in [9.17, 15) is 13.5 Å². The van der Waals surface area contributed by atoms with Gasteiger partial charge in [0.15, 0.2) is 0 Å². The Hall–Kier alpha value is -2.10. The lowest BCUT2D eigenvalue weighted by Crippen LogP contribution is -2.03. The zero-order valence-corrected chi connectivity index (χ0v) is 13.1. The number of halogens is 1. The molecule has 0 fully saturated rings. The maximum Gasteiger partial charge on any atom is 0.216 e. The molecule has 0 aromatic heterocycles. The van der Waals surface area contributed by atoms with E-state index >= 15 is 0 Å². The topological polar surface area (TPSA) is 78.2 Å². The molecule has 0 aliphatic rings. The van der Waals surface area contributed by atoms with Crippen LogP contribution in [0.1, 0.15) is 5.56 Å². The van der Waals surface area contributed by atoms with Crippen molar-refractivity contribution in [2.45, 2.75) is 4.90 Å². The number of aromatic hydroxyl groups is 1. The van der Waals surface area contributed by atoms with Gasteiger partial charge < -0.3 is 5.11 Å². The number of nitrogens with zero attached hydrogens (tertiary/aromatic N) is 1. The second-order valence-corrected chi connectivity index (χ2v) is 7.00. The number of phenols is 1. The van der Waals surface area contributed by atoms with Crippen molar-refractivity contribution in [2.24, 2.45) is 0 Å². The molecule has 106 valence electrons. The fourth-order valence-corrected chi connectivity index (χ4v) is 3.06. The molecule has 0 radical (unpaired) electrons. The number of nitriles is 1. The number of phenolic OH excluding ortho intramolecular Hbond substituents is 1. The van der Waals surface area contributed by atoms with Gasteiger partial charge in [-0.25, -0.2) is 8.42 Å². The van der Waals surface area contributed by atoms with Crippen molar-refractivity contribution in [1.82, 2.24) is 0 Å². The highest BCUT2D eigenvalue weighted by atomic mass is 79.9. The van der Waals surface area contributed by atoms with Crippen molar-refractivity contribution in [1.29, 1.82) is 5.26 Å². The van der Waals surface area contributed by atoms with Crippen LogP contribution in [0.2, 0.25) is 0 Å². The summed E-state index contributed by atoms with van der Waals surface area (Å²) in [7, 11) is -3.86. The van der Waals surface area contributed by atoms with Gasteiger partial charge in [-0.3, -0.25) is 0 Å². The molecule has 0 saturated carbocycles. The smallest absolute Gasteiger partial charge is 0.216 e. The van der Waals surface area contributed by atoms with E-state index in [-0.39, 0.29) is 15.6 Å². The Bertz CT molecular complexity index is 817. The molecule has 1 N–H and O–H groups in total. The average Bonchev–Trinajstić information content (AvgIpc) is 2.47. The van der Waals surface area contributed by atoms with Gasteiger partial charge in [0.05, 0.1) is 4.90 Å². The Kier molecular flexibility index (Phi) is 4.46. The van der Waals surface area contributed by atoms with Crippen LogP contribution in [0.15, 0.2) is 62.8 Å². The highest BCUT2D eigenvalue weighted by Gasteiger charge is 2.20. The van der Waals surface area contributed by atoms with E-state index in [4.69, 9.17) is 5.26 Å². The first-order chi connectivity index (χ1) is 9.93. The van der Waals surface area contributed by atoms with Crippen LogP contribution in [-0.4, -0.2) is 13.5 Å². The van der Waals surface area contributed by atoms with Gasteiger partial charge in [0.1, 0.15) is 16.7 Å². The zero-order valence-electron chi connectivity index (χ0n) is 10.7. The lowest BCUT2D eigenvalue weighted by Gasteiger charge is -2.03. The van der Waals surface area contributed by atoms with Crippen molar-refractivity contribution < 1.29 is 13.5 Å². The van der Waals surface area contributed by atoms with Crippen LogP contribution in [0.25, 0.3) is 6.08 Å². The van der Waals surface area contributed by atoms with Gasteiger partial charge >= 0.3 is 0 Å². The molecule has 0 aliphatic carbocycles. The van der Waals surface area contributed by atoms with Crippen LogP contribution in [0.5, 0.6) is 5.75 Å². The molecule has 0 atom stereocenters. The van der Waals surface area contributed by atoms with Crippen LogP contribution < -0.4 is 0 Å². The minimum atomic E-state index is -3.86. The average molecular weight is 364 g/mol. The summed E-state index contributed by atoms with van der Waals surface area (Å²) >= 11 is 3.23. The summed E-state index contributed by atoms with van der Waals surface area (Å²) in [4.78, 5) is -0.298. The summed E-state index contributed by atoms with van der Waals surface area (Å²) in [6.45, 7) is 0. The number of sulfone groups is 1. The van der Waals surface area contributed by atoms with Gasteiger partial charge in [-0.15, -0.1) is 0 Å². The first-order valence-electron chi connectivity index (χ1n) is 5.85. The van der Waals surface area contributed by atoms with Crippen molar-refractivity contribution in [3.05, 3.63) is 63.5 Å². The van der Waals surface area contributed by atoms with Crippen molar-refractivity contribution >= 4 is 31.8 Å². The SMILES string of the molecule is N#CC(=Cc1ccc(O)cc1)S(=O)(=O)c1ccc(Br)cc1. The number of allylic oxidation sites excluding steroid dienone is 1. The Balaban J connectivity index is 2.47. The number of benzene rings is 2. The molecule has 0 bridgehead atoms. The molecule has 6 heteroatoms. The van der Waals surface area contributed by atoms with Gasteiger partial charge in [-0.2, -0.15) is 5.26 Å². The molecule has 2 aromatic carbocycles. The van der Waals surface area contributed by atoms with E-state index in [1.165, 1.54) is 42.5 Å². The maximum atomic E-state index is 12.4. The minimum Gasteiger partial charge on any atom is -0.508 e. The van der Waals surface area contributed by atoms with Gasteiger partial charge in [0.2, 0.25) is 9.84 Å². The lowest BCUT2D eigenvalue weighted by molar-refractivity contribution is 0.475. The van der Waals surface area contributed by atoms with E-state index in [1.54, 1.807) is 18.2 Å². The van der Waals surface area contributed by atoms with E-state index in [1.807, 2.05) is 0 Å². The number of hydrogen-bond donors (Lipinski definition) is 1. The van der Waals surface area contributed by atoms with Crippen LogP contribution in [-0.2, 0) is 9.84 Å². The summed E-state index contributed by atoms with van der Waals surface area (Å²) in [5.74, 6) is 0.0708. The zero-order chi connectivity index (χ0) is 15.5. The van der Waals surface area contributed by atoms with Gasteiger partial charge in [-0.1, -0.05) is 28.1 Å². The van der Waals surface area contributed by atoms with E-state index in [2.05, 4.69) is 15.9 Å². The maximum absolute atomic E-state index is 12.4. The largest absolute Gasteiger partial charge is 0.508 e. The second kappa shape index (κ2) is 6.12. The second-order valence-electron chi connectivity index (χ2n) is 4.17. The molecule has 0 amide bonds. The molecule has 0 saturated heterocycles. The monoisotopic (exact) mass is 363 g/mol. The third kappa shape index (κ3) is 3.51. The first-order valence-corrected chi connectivity index (χ1v) is 8.12. The van der Waals surface area contributed by atoms with Crippen molar-refractivity contribution in [3.8, 4) is 11.8 Å².